The van der Waals surface area contributed by atoms with E-state index in [2.05, 4.69) is 4.99 Å². The van der Waals surface area contributed by atoms with Gasteiger partial charge in [0.15, 0.2) is 0 Å². The maximum Gasteiger partial charge on any atom is 0.275 e. The number of halogens is 2. The van der Waals surface area contributed by atoms with Crippen LogP contribution in [0.25, 0.3) is 0 Å². The molecule has 1 heterocycles. The van der Waals surface area contributed by atoms with Gasteiger partial charge in [0, 0.05) is 35.3 Å². The molecule has 5 heteroatoms. The second kappa shape index (κ2) is 6.84. The van der Waals surface area contributed by atoms with Crippen molar-refractivity contribution in [2.75, 3.05) is 6.54 Å². The third-order valence-electron chi connectivity index (χ3n) is 6.03. The molecule has 1 aromatic carbocycles. The third kappa shape index (κ3) is 3.44. The third-order valence-corrected chi connectivity index (χ3v) is 6.03. The summed E-state index contributed by atoms with van der Waals surface area (Å²) in [5, 5.41) is 0. The van der Waals surface area contributed by atoms with Crippen molar-refractivity contribution in [1.82, 2.24) is 4.90 Å². The predicted molar refractivity (Wildman–Crippen MR) is 102 cm³/mol. The SMILES string of the molecule is CC(C)C(F)(F)c1ccc(C(=O)N(C2CC2)C2CCC3=C(C=NC3)C2)cc1. The minimum Gasteiger partial charge on any atom is -0.332 e. The Hall–Kier alpha value is -2.04. The van der Waals surface area contributed by atoms with Gasteiger partial charge in [-0.1, -0.05) is 26.0 Å². The van der Waals surface area contributed by atoms with Crippen LogP contribution in [0.15, 0.2) is 40.4 Å². The van der Waals surface area contributed by atoms with Gasteiger partial charge < -0.3 is 4.90 Å². The lowest BCUT2D eigenvalue weighted by molar-refractivity contribution is -0.0514. The maximum atomic E-state index is 14.2. The highest BCUT2D eigenvalue weighted by Gasteiger charge is 2.40. The molecule has 1 saturated carbocycles. The van der Waals surface area contributed by atoms with Gasteiger partial charge in [-0.15, -0.1) is 0 Å². The largest absolute Gasteiger partial charge is 0.332 e. The lowest BCUT2D eigenvalue weighted by Gasteiger charge is -2.35. The van der Waals surface area contributed by atoms with Crippen LogP contribution in [0.4, 0.5) is 8.78 Å². The fourth-order valence-corrected chi connectivity index (χ4v) is 4.13. The van der Waals surface area contributed by atoms with E-state index < -0.39 is 11.8 Å². The highest BCUT2D eigenvalue weighted by Crippen LogP contribution is 2.38. The van der Waals surface area contributed by atoms with E-state index in [1.165, 1.54) is 37.1 Å². The topological polar surface area (TPSA) is 32.7 Å². The van der Waals surface area contributed by atoms with Crippen LogP contribution >= 0.6 is 0 Å². The quantitative estimate of drug-likeness (QED) is 0.718. The molecule has 4 rings (SSSR count). The van der Waals surface area contributed by atoms with E-state index in [4.69, 9.17) is 0 Å². The highest BCUT2D eigenvalue weighted by atomic mass is 19.3. The summed E-state index contributed by atoms with van der Waals surface area (Å²) in [6.07, 6.45) is 6.85. The summed E-state index contributed by atoms with van der Waals surface area (Å²) in [5.41, 5.74) is 3.18. The van der Waals surface area contributed by atoms with Crippen molar-refractivity contribution in [3.63, 3.8) is 0 Å². The van der Waals surface area contributed by atoms with Gasteiger partial charge >= 0.3 is 0 Å². The number of hydrogen-bond acceptors (Lipinski definition) is 2. The molecule has 3 nitrogen and oxygen atoms in total. The van der Waals surface area contributed by atoms with Gasteiger partial charge in [-0.2, -0.15) is 0 Å². The Kier molecular flexibility index (Phi) is 4.65. The molecule has 144 valence electrons. The average molecular weight is 372 g/mol. The van der Waals surface area contributed by atoms with E-state index in [9.17, 15) is 13.6 Å². The molecule has 1 fully saturated rings. The van der Waals surface area contributed by atoms with Crippen LogP contribution in [0, 0.1) is 5.92 Å². The number of carbonyl (C=O) groups excluding carboxylic acids is 1. The van der Waals surface area contributed by atoms with Crippen LogP contribution in [-0.2, 0) is 5.92 Å². The second-order valence-corrected chi connectivity index (χ2v) is 8.29. The standard InChI is InChI=1S/C22H26F2N2O/c1-14(2)22(23,24)18-6-3-15(4-7-18)21(27)26(19-9-10-19)20-8-5-16-12-25-13-17(16)11-20/h3-4,6-7,13-14,19-20H,5,8-12H2,1-2H3. The van der Waals surface area contributed by atoms with Gasteiger partial charge in [0.25, 0.3) is 11.8 Å². The van der Waals surface area contributed by atoms with Gasteiger partial charge in [0.1, 0.15) is 0 Å². The Morgan fingerprint density at radius 2 is 1.85 bits per heavy atom. The number of hydrogen-bond donors (Lipinski definition) is 0. The van der Waals surface area contributed by atoms with Gasteiger partial charge in [-0.3, -0.25) is 9.79 Å². The summed E-state index contributed by atoms with van der Waals surface area (Å²) >= 11 is 0. The lowest BCUT2D eigenvalue weighted by atomic mass is 9.88. The summed E-state index contributed by atoms with van der Waals surface area (Å²) in [6.45, 7) is 3.82. The van der Waals surface area contributed by atoms with E-state index in [-0.39, 0.29) is 17.5 Å². The first kappa shape index (κ1) is 18.3. The van der Waals surface area contributed by atoms with Gasteiger partial charge in [0.05, 0.1) is 6.54 Å². The number of amides is 1. The molecular formula is C22H26F2N2O. The van der Waals surface area contributed by atoms with Crippen molar-refractivity contribution in [2.24, 2.45) is 10.9 Å². The monoisotopic (exact) mass is 372 g/mol. The van der Waals surface area contributed by atoms with Crippen LogP contribution in [-0.4, -0.2) is 35.7 Å². The molecule has 1 unspecified atom stereocenters. The van der Waals surface area contributed by atoms with Gasteiger partial charge in [-0.25, -0.2) is 8.78 Å². The van der Waals surface area contributed by atoms with Gasteiger partial charge in [-0.05, 0) is 55.4 Å². The number of alkyl halides is 2. The smallest absolute Gasteiger partial charge is 0.275 e. The van der Waals surface area contributed by atoms with Crippen molar-refractivity contribution in [1.29, 1.82) is 0 Å². The summed E-state index contributed by atoms with van der Waals surface area (Å²) in [6, 6.07) is 6.42. The first-order valence-corrected chi connectivity index (χ1v) is 9.89. The van der Waals surface area contributed by atoms with Crippen molar-refractivity contribution >= 4 is 12.1 Å². The fourth-order valence-electron chi connectivity index (χ4n) is 4.13. The van der Waals surface area contributed by atoms with Crippen LogP contribution in [0.1, 0.15) is 61.9 Å². The van der Waals surface area contributed by atoms with Crippen LogP contribution in [0.2, 0.25) is 0 Å². The molecule has 0 N–H and O–H groups in total. The van der Waals surface area contributed by atoms with Crippen molar-refractivity contribution < 1.29 is 13.6 Å². The van der Waals surface area contributed by atoms with Crippen LogP contribution in [0.5, 0.6) is 0 Å². The van der Waals surface area contributed by atoms with E-state index in [0.29, 0.717) is 11.6 Å². The zero-order valence-electron chi connectivity index (χ0n) is 15.9. The Balaban J connectivity index is 1.54. The summed E-state index contributed by atoms with van der Waals surface area (Å²) < 4.78 is 28.4. The molecule has 2 aliphatic carbocycles. The van der Waals surface area contributed by atoms with E-state index >= 15 is 0 Å². The van der Waals surface area contributed by atoms with E-state index in [1.54, 1.807) is 12.1 Å². The lowest BCUT2D eigenvalue weighted by Crippen LogP contribution is -2.43. The van der Waals surface area contributed by atoms with E-state index in [0.717, 1.165) is 38.6 Å². The summed E-state index contributed by atoms with van der Waals surface area (Å²) in [4.78, 5) is 19.6. The number of carbonyl (C=O) groups is 1. The number of rotatable bonds is 5. The molecule has 0 saturated heterocycles. The zero-order chi connectivity index (χ0) is 19.2. The van der Waals surface area contributed by atoms with Crippen molar-refractivity contribution in [3.8, 4) is 0 Å². The Morgan fingerprint density at radius 3 is 2.48 bits per heavy atom. The Morgan fingerprint density at radius 1 is 1.15 bits per heavy atom. The second-order valence-electron chi connectivity index (χ2n) is 8.29. The first-order valence-electron chi connectivity index (χ1n) is 9.89. The predicted octanol–water partition coefficient (Wildman–Crippen LogP) is 4.97. The number of benzene rings is 1. The van der Waals surface area contributed by atoms with Gasteiger partial charge in [0.2, 0.25) is 0 Å². The average Bonchev–Trinajstić information content (AvgIpc) is 3.37. The molecule has 27 heavy (non-hydrogen) atoms. The Bertz CT molecular complexity index is 791. The zero-order valence-corrected chi connectivity index (χ0v) is 15.9. The maximum absolute atomic E-state index is 14.2. The summed E-state index contributed by atoms with van der Waals surface area (Å²) in [5.74, 6) is -3.69. The first-order chi connectivity index (χ1) is 12.9. The molecule has 0 bridgehead atoms. The molecule has 0 spiro atoms. The highest BCUT2D eigenvalue weighted by molar-refractivity contribution is 5.95. The summed E-state index contributed by atoms with van der Waals surface area (Å²) in [7, 11) is 0. The van der Waals surface area contributed by atoms with Crippen LogP contribution in [0.3, 0.4) is 0 Å². The van der Waals surface area contributed by atoms with E-state index in [1.807, 2.05) is 11.1 Å². The molecule has 0 radical (unpaired) electrons. The molecule has 1 amide bonds. The molecular weight excluding hydrogens is 346 g/mol. The molecule has 3 aliphatic rings. The van der Waals surface area contributed by atoms with Crippen molar-refractivity contribution in [3.05, 3.63) is 46.5 Å². The molecule has 0 aromatic heterocycles. The Labute approximate surface area is 159 Å². The molecule has 1 atom stereocenters. The molecule has 1 aliphatic heterocycles. The van der Waals surface area contributed by atoms with Crippen molar-refractivity contribution in [2.45, 2.75) is 64.0 Å². The number of aliphatic imine (C=N–C) groups is 1. The minimum atomic E-state index is -2.88. The minimum absolute atomic E-state index is 0.0262. The molecule has 1 aromatic rings. The fraction of sp³-hybridized carbons (Fsp3) is 0.545. The van der Waals surface area contributed by atoms with Crippen LogP contribution < -0.4 is 0 Å². The normalized spacial score (nSPS) is 22.3. The number of nitrogens with zero attached hydrogens (tertiary/aromatic N) is 2.